The maximum atomic E-state index is 16.8. The van der Waals surface area contributed by atoms with E-state index in [0.29, 0.717) is 60.0 Å². The Morgan fingerprint density at radius 3 is 2.86 bits per heavy atom. The predicted molar refractivity (Wildman–Crippen MR) is 183 cm³/mol. The zero-order valence-electron chi connectivity index (χ0n) is 27.1. The third-order valence-corrected chi connectivity index (χ3v) is 11.1. The molecule has 9 nitrogen and oxygen atoms in total. The van der Waals surface area contributed by atoms with Crippen molar-refractivity contribution in [1.29, 1.82) is 0 Å². The molecule has 0 bridgehead atoms. The van der Waals surface area contributed by atoms with Crippen molar-refractivity contribution in [3.05, 3.63) is 65.3 Å². The largest absolute Gasteiger partial charge is 0.461 e. The third kappa shape index (κ3) is 5.77. The van der Waals surface area contributed by atoms with E-state index in [9.17, 15) is 13.6 Å². The molecule has 2 aromatic heterocycles. The quantitative estimate of drug-likeness (QED) is 0.236. The van der Waals surface area contributed by atoms with Crippen molar-refractivity contribution in [3.8, 4) is 17.3 Å². The lowest BCUT2D eigenvalue weighted by Crippen LogP contribution is -2.43. The molecule has 0 unspecified atom stereocenters. The van der Waals surface area contributed by atoms with Crippen molar-refractivity contribution >= 4 is 45.0 Å². The molecule has 0 spiro atoms. The summed E-state index contributed by atoms with van der Waals surface area (Å²) < 4.78 is 52.2. The number of aromatic nitrogens is 3. The normalized spacial score (nSPS) is 25.4. The van der Waals surface area contributed by atoms with Crippen LogP contribution in [0.25, 0.3) is 32.9 Å². The van der Waals surface area contributed by atoms with Crippen LogP contribution in [0.1, 0.15) is 32.1 Å². The first kappa shape index (κ1) is 32.2. The third-order valence-electron chi connectivity index (χ3n) is 10.8. The number of nitrogens with one attached hydrogen (secondary N) is 1. The van der Waals surface area contributed by atoms with Crippen LogP contribution in [-0.4, -0.2) is 101 Å². The Labute approximate surface area is 287 Å². The fourth-order valence-corrected chi connectivity index (χ4v) is 8.18. The Hall–Kier alpha value is -4.00. The molecule has 1 amide bonds. The van der Waals surface area contributed by atoms with Gasteiger partial charge in [-0.05, 0) is 50.2 Å². The molecule has 4 atom stereocenters. The van der Waals surface area contributed by atoms with Gasteiger partial charge in [-0.15, -0.1) is 0 Å². The Balaban J connectivity index is 1.17. The van der Waals surface area contributed by atoms with Crippen molar-refractivity contribution in [2.45, 2.75) is 55.9 Å². The van der Waals surface area contributed by atoms with E-state index in [0.717, 1.165) is 32.4 Å². The zero-order valence-corrected chi connectivity index (χ0v) is 27.9. The second kappa shape index (κ2) is 12.7. The molecular weight excluding hydrogens is 655 g/mol. The maximum absolute atomic E-state index is 16.8. The van der Waals surface area contributed by atoms with E-state index in [4.69, 9.17) is 21.3 Å². The number of amides is 1. The summed E-state index contributed by atoms with van der Waals surface area (Å²) in [5.41, 5.74) is -0.178. The summed E-state index contributed by atoms with van der Waals surface area (Å²) in [4.78, 5) is 32.7. The maximum Gasteiger partial charge on any atom is 0.319 e. The monoisotopic (exact) mass is 691 g/mol. The standard InChI is InChI=1S/C36H37ClF3N7O2/c1-45(24-11-15-46(19-24)28(48)9-7-23-10-13-41-23)34-26-17-42-32(25-5-2-4-21-6-8-27(39)30(37)29(21)25)31(40)33(26)43-35(44-34)49-20-36-12-3-14-47(36)18-22(38)16-36/h2,4-9,17,22-24,41H,3,10-16,18-20H2,1H3/b9-7+/t22-,23+,24-,36+/m1/s1. The number of anilines is 1. The number of nitrogens with zero attached hydrogens (tertiary/aromatic N) is 6. The van der Waals surface area contributed by atoms with Gasteiger partial charge in [0.25, 0.3) is 0 Å². The molecular formula is C36H37ClF3N7O2. The second-order valence-electron chi connectivity index (χ2n) is 13.7. The van der Waals surface area contributed by atoms with Crippen LogP contribution < -0.4 is 15.0 Å². The number of halogens is 4. The molecule has 1 N–H and O–H groups in total. The lowest BCUT2D eigenvalue weighted by molar-refractivity contribution is -0.125. The molecule has 49 heavy (non-hydrogen) atoms. The fraction of sp³-hybridized carbons (Fsp3) is 0.444. The minimum atomic E-state index is -0.931. The molecule has 0 radical (unpaired) electrons. The predicted octanol–water partition coefficient (Wildman–Crippen LogP) is 5.69. The first-order valence-electron chi connectivity index (χ1n) is 16.9. The van der Waals surface area contributed by atoms with E-state index in [1.165, 1.54) is 12.3 Å². The van der Waals surface area contributed by atoms with Crippen LogP contribution in [-0.2, 0) is 4.79 Å². The fourth-order valence-electron chi connectivity index (χ4n) is 7.91. The van der Waals surface area contributed by atoms with Gasteiger partial charge in [-0.2, -0.15) is 9.97 Å². The molecule has 4 aliphatic heterocycles. The highest BCUT2D eigenvalue weighted by molar-refractivity contribution is 6.36. The van der Waals surface area contributed by atoms with Crippen LogP contribution in [0.15, 0.2) is 48.7 Å². The first-order valence-corrected chi connectivity index (χ1v) is 17.3. The van der Waals surface area contributed by atoms with Gasteiger partial charge in [0, 0.05) is 68.4 Å². The van der Waals surface area contributed by atoms with Gasteiger partial charge in [0.05, 0.1) is 15.9 Å². The number of likely N-dealkylation sites (tertiary alicyclic amines) is 1. The van der Waals surface area contributed by atoms with Gasteiger partial charge in [-0.3, -0.25) is 14.7 Å². The van der Waals surface area contributed by atoms with Gasteiger partial charge in [-0.25, -0.2) is 13.2 Å². The number of pyridine rings is 1. The molecule has 4 aromatic rings. The Morgan fingerprint density at radius 2 is 2.04 bits per heavy atom. The lowest BCUT2D eigenvalue weighted by Gasteiger charge is -2.31. The summed E-state index contributed by atoms with van der Waals surface area (Å²) in [6, 6.07) is 8.13. The molecule has 6 heterocycles. The molecule has 13 heteroatoms. The number of fused-ring (bicyclic) bond motifs is 3. The molecule has 4 saturated heterocycles. The topological polar surface area (TPSA) is 86.7 Å². The van der Waals surface area contributed by atoms with E-state index in [1.54, 1.807) is 35.2 Å². The lowest BCUT2D eigenvalue weighted by atomic mass is 9.95. The van der Waals surface area contributed by atoms with Gasteiger partial charge in [-0.1, -0.05) is 41.9 Å². The number of alkyl halides is 1. The van der Waals surface area contributed by atoms with E-state index >= 15 is 4.39 Å². The minimum absolute atomic E-state index is 0.0150. The van der Waals surface area contributed by atoms with Crippen LogP contribution >= 0.6 is 11.6 Å². The number of carbonyl (C=O) groups is 1. The van der Waals surface area contributed by atoms with E-state index in [1.807, 2.05) is 18.0 Å². The molecule has 256 valence electrons. The number of hydrogen-bond acceptors (Lipinski definition) is 8. The van der Waals surface area contributed by atoms with Crippen molar-refractivity contribution in [2.75, 3.05) is 51.3 Å². The summed E-state index contributed by atoms with van der Waals surface area (Å²) >= 11 is 6.41. The highest BCUT2D eigenvalue weighted by atomic mass is 35.5. The van der Waals surface area contributed by atoms with E-state index in [2.05, 4.69) is 20.2 Å². The number of hydrogen-bond donors (Lipinski definition) is 1. The Bertz CT molecular complexity index is 1980. The number of ether oxygens (including phenoxy) is 1. The highest BCUT2D eigenvalue weighted by Gasteiger charge is 2.49. The second-order valence-corrected chi connectivity index (χ2v) is 14.1. The van der Waals surface area contributed by atoms with Gasteiger partial charge in [0.15, 0.2) is 5.82 Å². The number of benzene rings is 2. The van der Waals surface area contributed by atoms with Gasteiger partial charge in [0.1, 0.15) is 35.6 Å². The van der Waals surface area contributed by atoms with E-state index < -0.39 is 23.3 Å². The molecule has 2 aromatic carbocycles. The van der Waals surface area contributed by atoms with E-state index in [-0.39, 0.29) is 46.8 Å². The molecule has 4 aliphatic rings. The Kier molecular flexibility index (Phi) is 8.36. The summed E-state index contributed by atoms with van der Waals surface area (Å²) in [7, 11) is 1.86. The summed E-state index contributed by atoms with van der Waals surface area (Å²) in [5.74, 6) is -0.988. The smallest absolute Gasteiger partial charge is 0.319 e. The minimum Gasteiger partial charge on any atom is -0.461 e. The molecule has 0 aliphatic carbocycles. The number of rotatable bonds is 8. The van der Waals surface area contributed by atoms with Crippen molar-refractivity contribution < 1.29 is 22.7 Å². The van der Waals surface area contributed by atoms with Crippen LogP contribution in [0.3, 0.4) is 0 Å². The van der Waals surface area contributed by atoms with Gasteiger partial charge >= 0.3 is 6.01 Å². The van der Waals surface area contributed by atoms with Crippen molar-refractivity contribution in [2.24, 2.45) is 0 Å². The van der Waals surface area contributed by atoms with Gasteiger partial charge < -0.3 is 19.9 Å². The van der Waals surface area contributed by atoms with Crippen LogP contribution in [0.4, 0.5) is 19.0 Å². The molecule has 8 rings (SSSR count). The Morgan fingerprint density at radius 1 is 1.18 bits per heavy atom. The average Bonchev–Trinajstić information content (AvgIpc) is 3.79. The highest BCUT2D eigenvalue weighted by Crippen LogP contribution is 2.41. The summed E-state index contributed by atoms with van der Waals surface area (Å²) in [6.07, 6.45) is 7.95. The molecule has 0 saturated carbocycles. The van der Waals surface area contributed by atoms with Crippen LogP contribution in [0.5, 0.6) is 6.01 Å². The van der Waals surface area contributed by atoms with Crippen molar-refractivity contribution in [1.82, 2.24) is 30.1 Å². The zero-order chi connectivity index (χ0) is 33.9. The molecule has 4 fully saturated rings. The van der Waals surface area contributed by atoms with Crippen molar-refractivity contribution in [3.63, 3.8) is 0 Å². The summed E-state index contributed by atoms with van der Waals surface area (Å²) in [5, 5.41) is 4.49. The summed E-state index contributed by atoms with van der Waals surface area (Å²) in [6.45, 7) is 3.34. The van der Waals surface area contributed by atoms with Crippen LogP contribution in [0, 0.1) is 11.6 Å². The number of likely N-dealkylation sites (N-methyl/N-ethyl adjacent to an activating group) is 1. The number of carbonyl (C=O) groups excluding carboxylic acids is 1. The van der Waals surface area contributed by atoms with Crippen LogP contribution in [0.2, 0.25) is 5.02 Å². The SMILES string of the molecule is CN(c1nc(OC[C@@]23CCCN2C[C@H](F)C3)nc2c(F)c(-c3cccc4ccc(F)c(Cl)c34)ncc12)[C@@H]1CCN(C(=O)/C=C/[C@H]2CCN2)C1. The average molecular weight is 692 g/mol. The first-order chi connectivity index (χ1) is 23.7. The van der Waals surface area contributed by atoms with Gasteiger partial charge in [0.2, 0.25) is 5.91 Å².